The summed E-state index contributed by atoms with van der Waals surface area (Å²) in [5.41, 5.74) is -0.234. The molecule has 0 spiro atoms. The van der Waals surface area contributed by atoms with E-state index >= 15 is 0 Å². The molecule has 0 aromatic heterocycles. The summed E-state index contributed by atoms with van der Waals surface area (Å²) in [5, 5.41) is 0. The lowest BCUT2D eigenvalue weighted by molar-refractivity contribution is 0.0600. The summed E-state index contributed by atoms with van der Waals surface area (Å²) in [4.78, 5) is 10.6. The number of benzene rings is 1. The summed E-state index contributed by atoms with van der Waals surface area (Å²) in [7, 11) is 2.03. The van der Waals surface area contributed by atoms with Gasteiger partial charge in [0.2, 0.25) is 0 Å². The number of rotatable bonds is 2. The van der Waals surface area contributed by atoms with Crippen molar-refractivity contribution in [3.63, 3.8) is 0 Å². The van der Waals surface area contributed by atoms with E-state index in [9.17, 15) is 17.6 Å². The molecule has 0 saturated heterocycles. The van der Waals surface area contributed by atoms with Gasteiger partial charge >= 0.3 is 5.97 Å². The molecule has 0 fully saturated rings. The van der Waals surface area contributed by atoms with Gasteiger partial charge in [0.05, 0.1) is 17.1 Å². The Balaban J connectivity index is 3.52. The Hall–Kier alpha value is -0.660. The standard InChI is InChI=1S/C8H5BrClFO4S/c1-15-8(12)4-2-5(11)7(9)6(3-4)16(10,13)14/h2-3H,1H3. The molecule has 0 aliphatic carbocycles. The predicted molar refractivity (Wildman–Crippen MR) is 58.5 cm³/mol. The number of hydrogen-bond acceptors (Lipinski definition) is 4. The van der Waals surface area contributed by atoms with Gasteiger partial charge < -0.3 is 4.74 Å². The van der Waals surface area contributed by atoms with Crippen molar-refractivity contribution in [2.75, 3.05) is 7.11 Å². The zero-order chi connectivity index (χ0) is 12.5. The molecule has 1 aromatic carbocycles. The molecule has 0 N–H and O–H groups in total. The molecule has 0 unspecified atom stereocenters. The number of halogens is 3. The molecular weight excluding hydrogens is 327 g/mol. The van der Waals surface area contributed by atoms with Crippen molar-refractivity contribution in [2.24, 2.45) is 0 Å². The van der Waals surface area contributed by atoms with Crippen molar-refractivity contribution >= 4 is 41.6 Å². The minimum Gasteiger partial charge on any atom is -0.465 e. The van der Waals surface area contributed by atoms with E-state index in [0.717, 1.165) is 19.2 Å². The van der Waals surface area contributed by atoms with E-state index in [2.05, 4.69) is 20.7 Å². The number of methoxy groups -OCH3 is 1. The highest BCUT2D eigenvalue weighted by Gasteiger charge is 2.21. The van der Waals surface area contributed by atoms with Gasteiger partial charge in [0.25, 0.3) is 9.05 Å². The van der Waals surface area contributed by atoms with Crippen LogP contribution in [0.15, 0.2) is 21.5 Å². The lowest BCUT2D eigenvalue weighted by atomic mass is 10.2. The quantitative estimate of drug-likeness (QED) is 0.616. The molecule has 1 rings (SSSR count). The Morgan fingerprint density at radius 2 is 2.06 bits per heavy atom. The Bertz CT molecular complexity index is 543. The summed E-state index contributed by atoms with van der Waals surface area (Å²) in [5.74, 6) is -1.77. The van der Waals surface area contributed by atoms with Crippen molar-refractivity contribution in [1.29, 1.82) is 0 Å². The van der Waals surface area contributed by atoms with E-state index < -0.39 is 25.7 Å². The van der Waals surface area contributed by atoms with Crippen LogP contribution in [0.1, 0.15) is 10.4 Å². The molecule has 4 nitrogen and oxygen atoms in total. The molecule has 8 heteroatoms. The Labute approximate surface area is 104 Å². The van der Waals surface area contributed by atoms with Gasteiger partial charge in [-0.1, -0.05) is 0 Å². The number of carbonyl (C=O) groups excluding carboxylic acids is 1. The Morgan fingerprint density at radius 3 is 2.50 bits per heavy atom. The van der Waals surface area contributed by atoms with Gasteiger partial charge in [-0.3, -0.25) is 0 Å². The second-order valence-corrected chi connectivity index (χ2v) is 6.03. The monoisotopic (exact) mass is 330 g/mol. The highest BCUT2D eigenvalue weighted by molar-refractivity contribution is 9.10. The van der Waals surface area contributed by atoms with Crippen LogP contribution in [0.2, 0.25) is 0 Å². The first-order chi connectivity index (χ1) is 7.27. The van der Waals surface area contributed by atoms with E-state index in [0.29, 0.717) is 0 Å². The SMILES string of the molecule is COC(=O)c1cc(F)c(Br)c(S(=O)(=O)Cl)c1. The fraction of sp³-hybridized carbons (Fsp3) is 0.125. The maximum Gasteiger partial charge on any atom is 0.337 e. The topological polar surface area (TPSA) is 60.4 Å². The van der Waals surface area contributed by atoms with E-state index in [-0.39, 0.29) is 10.0 Å². The normalized spacial score (nSPS) is 11.2. The van der Waals surface area contributed by atoms with Crippen LogP contribution >= 0.6 is 26.6 Å². The van der Waals surface area contributed by atoms with E-state index in [4.69, 9.17) is 10.7 Å². The predicted octanol–water partition coefficient (Wildman–Crippen LogP) is 2.30. The largest absolute Gasteiger partial charge is 0.465 e. The number of hydrogen-bond donors (Lipinski definition) is 0. The molecule has 88 valence electrons. The van der Waals surface area contributed by atoms with Crippen LogP contribution in [-0.4, -0.2) is 21.5 Å². The van der Waals surface area contributed by atoms with Crippen LogP contribution in [0, 0.1) is 5.82 Å². The van der Waals surface area contributed by atoms with Crippen LogP contribution in [0.4, 0.5) is 4.39 Å². The average Bonchev–Trinajstić information content (AvgIpc) is 2.18. The molecule has 16 heavy (non-hydrogen) atoms. The number of esters is 1. The minimum absolute atomic E-state index is 0.234. The summed E-state index contributed by atoms with van der Waals surface area (Å²) in [6.07, 6.45) is 0. The highest BCUT2D eigenvalue weighted by Crippen LogP contribution is 2.29. The third kappa shape index (κ3) is 2.72. The van der Waals surface area contributed by atoms with Crippen LogP contribution in [-0.2, 0) is 13.8 Å². The number of carbonyl (C=O) groups is 1. The van der Waals surface area contributed by atoms with Crippen molar-refractivity contribution in [1.82, 2.24) is 0 Å². The molecule has 0 atom stereocenters. The van der Waals surface area contributed by atoms with Crippen LogP contribution < -0.4 is 0 Å². The number of ether oxygens (including phenoxy) is 1. The second kappa shape index (κ2) is 4.68. The average molecular weight is 332 g/mol. The molecule has 0 aliphatic heterocycles. The summed E-state index contributed by atoms with van der Waals surface area (Å²) in [6.45, 7) is 0. The van der Waals surface area contributed by atoms with Crippen molar-refractivity contribution < 1.29 is 22.3 Å². The van der Waals surface area contributed by atoms with Gasteiger partial charge in [0.15, 0.2) is 0 Å². The fourth-order valence-corrected chi connectivity index (χ4v) is 3.07. The zero-order valence-corrected chi connectivity index (χ0v) is 11.0. The molecule has 0 bridgehead atoms. The molecule has 0 radical (unpaired) electrons. The van der Waals surface area contributed by atoms with Gasteiger partial charge in [-0.05, 0) is 28.1 Å². The van der Waals surface area contributed by atoms with Gasteiger partial charge in [-0.15, -0.1) is 0 Å². The lowest BCUT2D eigenvalue weighted by Gasteiger charge is -2.05. The lowest BCUT2D eigenvalue weighted by Crippen LogP contribution is -2.05. The summed E-state index contributed by atoms with van der Waals surface area (Å²) < 4.78 is 39.5. The third-order valence-electron chi connectivity index (χ3n) is 1.68. The fourth-order valence-electron chi connectivity index (χ4n) is 0.977. The minimum atomic E-state index is -4.14. The van der Waals surface area contributed by atoms with Crippen LogP contribution in [0.25, 0.3) is 0 Å². The zero-order valence-electron chi connectivity index (χ0n) is 7.83. The van der Waals surface area contributed by atoms with Crippen molar-refractivity contribution in [2.45, 2.75) is 4.90 Å². The van der Waals surface area contributed by atoms with Gasteiger partial charge in [0.1, 0.15) is 10.7 Å². The van der Waals surface area contributed by atoms with E-state index in [1.165, 1.54) is 0 Å². The molecular formula is C8H5BrClFO4S. The van der Waals surface area contributed by atoms with Gasteiger partial charge in [0, 0.05) is 10.7 Å². The van der Waals surface area contributed by atoms with Crippen LogP contribution in [0.3, 0.4) is 0 Å². The smallest absolute Gasteiger partial charge is 0.337 e. The molecule has 0 saturated carbocycles. The Kier molecular flexibility index (Phi) is 3.92. The first-order valence-electron chi connectivity index (χ1n) is 3.79. The second-order valence-electron chi connectivity index (χ2n) is 2.70. The van der Waals surface area contributed by atoms with Gasteiger partial charge in [-0.2, -0.15) is 0 Å². The van der Waals surface area contributed by atoms with E-state index in [1.807, 2.05) is 0 Å². The van der Waals surface area contributed by atoms with Crippen molar-refractivity contribution in [3.8, 4) is 0 Å². The van der Waals surface area contributed by atoms with Gasteiger partial charge in [-0.25, -0.2) is 17.6 Å². The molecule has 0 heterocycles. The Morgan fingerprint density at radius 1 is 1.50 bits per heavy atom. The molecule has 0 amide bonds. The highest BCUT2D eigenvalue weighted by atomic mass is 79.9. The molecule has 1 aromatic rings. The maximum atomic E-state index is 13.3. The third-order valence-corrected chi connectivity index (χ3v) is 4.09. The van der Waals surface area contributed by atoms with Crippen molar-refractivity contribution in [3.05, 3.63) is 28.0 Å². The summed E-state index contributed by atoms with van der Waals surface area (Å²) in [6, 6.07) is 1.78. The van der Waals surface area contributed by atoms with Crippen LogP contribution in [0.5, 0.6) is 0 Å². The molecule has 0 aliphatic rings. The first kappa shape index (κ1) is 13.4. The summed E-state index contributed by atoms with van der Waals surface area (Å²) >= 11 is 2.73. The first-order valence-corrected chi connectivity index (χ1v) is 6.89. The van der Waals surface area contributed by atoms with E-state index in [1.54, 1.807) is 0 Å². The maximum absolute atomic E-state index is 13.3.